The zero-order valence-electron chi connectivity index (χ0n) is 10.9. The molecule has 0 aliphatic rings. The van der Waals surface area contributed by atoms with Gasteiger partial charge in [0.1, 0.15) is 12.0 Å². The average molecular weight is 287 g/mol. The lowest BCUT2D eigenvalue weighted by atomic mass is 10.2. The Balaban J connectivity index is 1.93. The predicted octanol–water partition coefficient (Wildman–Crippen LogP) is 2.09. The standard InChI is InChI=1S/C13H13N5O3/c14-13(19)17-10-3-1-9(2-4-10)7-15-12-6-5-11(8-16-12)18(20)21/h1-6,8H,7H2,(H,15,16)(H3,14,17,19). The maximum absolute atomic E-state index is 10.7. The van der Waals surface area contributed by atoms with Crippen LogP contribution in [0, 0.1) is 10.1 Å². The highest BCUT2D eigenvalue weighted by molar-refractivity contribution is 5.87. The summed E-state index contributed by atoms with van der Waals surface area (Å²) in [5, 5.41) is 16.0. The summed E-state index contributed by atoms with van der Waals surface area (Å²) in [4.78, 5) is 24.6. The van der Waals surface area contributed by atoms with Crippen LogP contribution in [0.4, 0.5) is 22.0 Å². The van der Waals surface area contributed by atoms with E-state index in [-0.39, 0.29) is 5.69 Å². The number of rotatable bonds is 5. The summed E-state index contributed by atoms with van der Waals surface area (Å²) in [5.74, 6) is 0.542. The highest BCUT2D eigenvalue weighted by Gasteiger charge is 2.05. The maximum atomic E-state index is 10.7. The highest BCUT2D eigenvalue weighted by atomic mass is 16.6. The molecule has 1 heterocycles. The fourth-order valence-corrected chi connectivity index (χ4v) is 1.64. The zero-order valence-corrected chi connectivity index (χ0v) is 10.9. The van der Waals surface area contributed by atoms with E-state index in [4.69, 9.17) is 5.73 Å². The molecule has 108 valence electrons. The number of aromatic nitrogens is 1. The summed E-state index contributed by atoms with van der Waals surface area (Å²) in [6, 6.07) is 9.41. The lowest BCUT2D eigenvalue weighted by molar-refractivity contribution is -0.385. The number of hydrogen-bond acceptors (Lipinski definition) is 5. The Hall–Kier alpha value is -3.16. The Labute approximate surface area is 120 Å². The molecule has 0 saturated carbocycles. The third-order valence-electron chi connectivity index (χ3n) is 2.65. The van der Waals surface area contributed by atoms with Crippen LogP contribution in [-0.2, 0) is 6.54 Å². The minimum atomic E-state index is -0.615. The smallest absolute Gasteiger partial charge is 0.316 e. The summed E-state index contributed by atoms with van der Waals surface area (Å²) in [6.45, 7) is 0.502. The van der Waals surface area contributed by atoms with Crippen molar-refractivity contribution in [2.45, 2.75) is 6.54 Å². The topological polar surface area (TPSA) is 123 Å². The Bertz CT molecular complexity index is 640. The highest BCUT2D eigenvalue weighted by Crippen LogP contribution is 2.14. The van der Waals surface area contributed by atoms with E-state index in [1.165, 1.54) is 12.3 Å². The monoisotopic (exact) mass is 287 g/mol. The van der Waals surface area contributed by atoms with Crippen LogP contribution in [0.2, 0.25) is 0 Å². The second kappa shape index (κ2) is 6.33. The van der Waals surface area contributed by atoms with Gasteiger partial charge in [0.25, 0.3) is 5.69 Å². The first kappa shape index (κ1) is 14.3. The van der Waals surface area contributed by atoms with Crippen LogP contribution < -0.4 is 16.4 Å². The van der Waals surface area contributed by atoms with Crippen LogP contribution in [0.1, 0.15) is 5.56 Å². The fourth-order valence-electron chi connectivity index (χ4n) is 1.64. The molecule has 0 radical (unpaired) electrons. The number of nitrogens with two attached hydrogens (primary N) is 1. The average Bonchev–Trinajstić information content (AvgIpc) is 2.46. The molecule has 0 saturated heterocycles. The number of anilines is 2. The van der Waals surface area contributed by atoms with Crippen molar-refractivity contribution in [1.82, 2.24) is 4.98 Å². The van der Waals surface area contributed by atoms with Crippen LogP contribution >= 0.6 is 0 Å². The molecule has 0 fully saturated rings. The molecule has 8 heteroatoms. The second-order valence-electron chi connectivity index (χ2n) is 4.20. The van der Waals surface area contributed by atoms with E-state index in [0.717, 1.165) is 5.56 Å². The minimum Gasteiger partial charge on any atom is -0.366 e. The molecule has 2 amide bonds. The molecule has 8 nitrogen and oxygen atoms in total. The maximum Gasteiger partial charge on any atom is 0.316 e. The first-order valence-corrected chi connectivity index (χ1v) is 6.04. The van der Waals surface area contributed by atoms with Gasteiger partial charge in [-0.1, -0.05) is 12.1 Å². The molecule has 0 unspecified atom stereocenters. The molecule has 0 spiro atoms. The van der Waals surface area contributed by atoms with E-state index in [0.29, 0.717) is 18.1 Å². The van der Waals surface area contributed by atoms with Crippen molar-refractivity contribution in [2.75, 3.05) is 10.6 Å². The number of benzene rings is 1. The third-order valence-corrected chi connectivity index (χ3v) is 2.65. The van der Waals surface area contributed by atoms with E-state index in [2.05, 4.69) is 15.6 Å². The summed E-state index contributed by atoms with van der Waals surface area (Å²) < 4.78 is 0. The van der Waals surface area contributed by atoms with Crippen LogP contribution in [0.15, 0.2) is 42.6 Å². The van der Waals surface area contributed by atoms with Gasteiger partial charge in [0.2, 0.25) is 0 Å². The van der Waals surface area contributed by atoms with Crippen molar-refractivity contribution < 1.29 is 9.72 Å². The number of carbonyl (C=O) groups is 1. The largest absolute Gasteiger partial charge is 0.366 e. The lowest BCUT2D eigenvalue weighted by Gasteiger charge is -2.07. The number of amides is 2. The first-order chi connectivity index (χ1) is 10.0. The van der Waals surface area contributed by atoms with Crippen molar-refractivity contribution in [3.63, 3.8) is 0 Å². The van der Waals surface area contributed by atoms with Gasteiger partial charge in [-0.25, -0.2) is 9.78 Å². The molecular weight excluding hydrogens is 274 g/mol. The molecule has 0 atom stereocenters. The number of nitro groups is 1. The summed E-state index contributed by atoms with van der Waals surface area (Å²) in [7, 11) is 0. The van der Waals surface area contributed by atoms with Gasteiger partial charge in [-0.2, -0.15) is 0 Å². The number of urea groups is 1. The van der Waals surface area contributed by atoms with Crippen LogP contribution in [0.3, 0.4) is 0 Å². The lowest BCUT2D eigenvalue weighted by Crippen LogP contribution is -2.19. The molecule has 21 heavy (non-hydrogen) atoms. The Kier molecular flexibility index (Phi) is 4.30. The van der Waals surface area contributed by atoms with Gasteiger partial charge in [-0.15, -0.1) is 0 Å². The number of nitrogens with one attached hydrogen (secondary N) is 2. The van der Waals surface area contributed by atoms with Gasteiger partial charge >= 0.3 is 6.03 Å². The Morgan fingerprint density at radius 2 is 1.95 bits per heavy atom. The van der Waals surface area contributed by atoms with E-state index in [1.807, 2.05) is 12.1 Å². The van der Waals surface area contributed by atoms with E-state index in [1.54, 1.807) is 18.2 Å². The van der Waals surface area contributed by atoms with Gasteiger partial charge < -0.3 is 16.4 Å². The first-order valence-electron chi connectivity index (χ1n) is 6.04. The minimum absolute atomic E-state index is 0.0533. The third kappa shape index (κ3) is 4.16. The van der Waals surface area contributed by atoms with Gasteiger partial charge in [0, 0.05) is 18.3 Å². The predicted molar refractivity (Wildman–Crippen MR) is 77.9 cm³/mol. The normalized spacial score (nSPS) is 9.90. The van der Waals surface area contributed by atoms with Crippen molar-refractivity contribution in [2.24, 2.45) is 5.73 Å². The zero-order chi connectivity index (χ0) is 15.2. The number of nitrogens with zero attached hydrogens (tertiary/aromatic N) is 2. The molecule has 1 aromatic carbocycles. The summed E-state index contributed by atoms with van der Waals surface area (Å²) in [5.41, 5.74) is 6.53. The Morgan fingerprint density at radius 3 is 2.48 bits per heavy atom. The molecule has 4 N–H and O–H groups in total. The van der Waals surface area contributed by atoms with Gasteiger partial charge in [-0.3, -0.25) is 10.1 Å². The number of pyridine rings is 1. The van der Waals surface area contributed by atoms with Gasteiger partial charge in [-0.05, 0) is 23.8 Å². The molecule has 0 aliphatic heterocycles. The van der Waals surface area contributed by atoms with E-state index < -0.39 is 11.0 Å². The number of primary amides is 1. The molecule has 0 bridgehead atoms. The molecule has 2 rings (SSSR count). The van der Waals surface area contributed by atoms with Crippen LogP contribution in [0.25, 0.3) is 0 Å². The quantitative estimate of drug-likeness (QED) is 0.574. The molecular formula is C13H13N5O3. The van der Waals surface area contributed by atoms with E-state index >= 15 is 0 Å². The van der Waals surface area contributed by atoms with Crippen LogP contribution in [-0.4, -0.2) is 15.9 Å². The second-order valence-corrected chi connectivity index (χ2v) is 4.20. The summed E-state index contributed by atoms with van der Waals surface area (Å²) in [6.07, 6.45) is 1.20. The Morgan fingerprint density at radius 1 is 1.24 bits per heavy atom. The number of carbonyl (C=O) groups excluding carboxylic acids is 1. The molecule has 1 aromatic heterocycles. The van der Waals surface area contributed by atoms with Crippen molar-refractivity contribution in [1.29, 1.82) is 0 Å². The van der Waals surface area contributed by atoms with Gasteiger partial charge in [0.05, 0.1) is 4.92 Å². The van der Waals surface area contributed by atoms with Crippen molar-refractivity contribution in [3.8, 4) is 0 Å². The van der Waals surface area contributed by atoms with Crippen LogP contribution in [0.5, 0.6) is 0 Å². The van der Waals surface area contributed by atoms with Crippen molar-refractivity contribution >= 4 is 23.2 Å². The SMILES string of the molecule is NC(=O)Nc1ccc(CNc2ccc([N+](=O)[O-])cn2)cc1. The molecule has 2 aromatic rings. The summed E-state index contributed by atoms with van der Waals surface area (Å²) >= 11 is 0. The number of hydrogen-bond donors (Lipinski definition) is 3. The van der Waals surface area contributed by atoms with E-state index in [9.17, 15) is 14.9 Å². The van der Waals surface area contributed by atoms with Gasteiger partial charge in [0.15, 0.2) is 0 Å². The molecule has 0 aliphatic carbocycles. The van der Waals surface area contributed by atoms with Crippen molar-refractivity contribution in [3.05, 3.63) is 58.3 Å². The fraction of sp³-hybridized carbons (Fsp3) is 0.0769.